The number of ether oxygens (including phenoxy) is 2. The summed E-state index contributed by atoms with van der Waals surface area (Å²) < 4.78 is 24.7. The van der Waals surface area contributed by atoms with Crippen molar-refractivity contribution in [2.75, 3.05) is 25.1 Å². The molecule has 0 unspecified atom stereocenters. The first kappa shape index (κ1) is 14.3. The number of urea groups is 1. The maximum Gasteiger partial charge on any atom is 0.322 e. The van der Waals surface area contributed by atoms with Crippen molar-refractivity contribution in [3.8, 4) is 0 Å². The Kier molecular flexibility index (Phi) is 4.36. The molecule has 0 spiro atoms. The lowest BCUT2D eigenvalue weighted by molar-refractivity contribution is -0.0973. The number of carbonyl (C=O) groups is 1. The Morgan fingerprint density at radius 1 is 1.24 bits per heavy atom. The Morgan fingerprint density at radius 3 is 2.76 bits per heavy atom. The van der Waals surface area contributed by atoms with Gasteiger partial charge < -0.3 is 19.7 Å². The number of nitrogens with zero attached hydrogens (tertiary/aromatic N) is 1. The highest BCUT2D eigenvalue weighted by Crippen LogP contribution is 2.25. The number of rotatable bonds is 2. The van der Waals surface area contributed by atoms with Crippen molar-refractivity contribution >= 4 is 11.7 Å². The van der Waals surface area contributed by atoms with Crippen molar-refractivity contribution in [1.29, 1.82) is 0 Å². The molecule has 2 aliphatic rings. The van der Waals surface area contributed by atoms with Gasteiger partial charge in [-0.25, -0.2) is 9.18 Å². The molecule has 0 radical (unpaired) electrons. The summed E-state index contributed by atoms with van der Waals surface area (Å²) in [4.78, 5) is 14.1. The van der Waals surface area contributed by atoms with E-state index in [1.165, 1.54) is 6.07 Å². The molecule has 1 aromatic rings. The average Bonchev–Trinajstić information content (AvgIpc) is 3.04. The molecule has 2 saturated heterocycles. The topological polar surface area (TPSA) is 50.8 Å². The van der Waals surface area contributed by atoms with E-state index >= 15 is 0 Å². The van der Waals surface area contributed by atoms with E-state index in [0.29, 0.717) is 19.8 Å². The second-order valence-electron chi connectivity index (χ2n) is 5.28. The van der Waals surface area contributed by atoms with Crippen LogP contribution in [0.15, 0.2) is 24.3 Å². The number of para-hydroxylation sites is 1. The van der Waals surface area contributed by atoms with Crippen LogP contribution in [0.25, 0.3) is 0 Å². The largest absolute Gasteiger partial charge is 0.348 e. The van der Waals surface area contributed by atoms with E-state index in [0.717, 1.165) is 19.3 Å². The number of anilines is 1. The Balaban J connectivity index is 1.70. The molecule has 1 atom stereocenters. The fourth-order valence-electron chi connectivity index (χ4n) is 2.84. The lowest BCUT2D eigenvalue weighted by Crippen LogP contribution is -2.51. The minimum atomic E-state index is -0.437. The number of carbonyl (C=O) groups excluding carboxylic acids is 1. The lowest BCUT2D eigenvalue weighted by atomic mass is 10.0. The molecular formula is C15H19FN2O3. The summed E-state index contributed by atoms with van der Waals surface area (Å²) in [6.45, 7) is 1.75. The Hall–Kier alpha value is -1.66. The van der Waals surface area contributed by atoms with E-state index in [2.05, 4.69) is 5.32 Å². The number of hydrogen-bond donors (Lipinski definition) is 1. The Labute approximate surface area is 123 Å². The molecule has 114 valence electrons. The van der Waals surface area contributed by atoms with Gasteiger partial charge in [-0.1, -0.05) is 12.1 Å². The van der Waals surface area contributed by atoms with Gasteiger partial charge in [0.2, 0.25) is 0 Å². The second kappa shape index (κ2) is 6.41. The molecule has 21 heavy (non-hydrogen) atoms. The third-order valence-electron chi connectivity index (χ3n) is 3.89. The molecule has 0 saturated carbocycles. The van der Waals surface area contributed by atoms with Gasteiger partial charge in [0.05, 0.1) is 24.9 Å². The van der Waals surface area contributed by atoms with Gasteiger partial charge in [-0.15, -0.1) is 0 Å². The number of amides is 2. The molecule has 1 N–H and O–H groups in total. The Bertz CT molecular complexity index is 505. The molecule has 6 heteroatoms. The first-order valence-corrected chi connectivity index (χ1v) is 7.31. The number of piperidine rings is 1. The lowest BCUT2D eigenvalue weighted by Gasteiger charge is -2.37. The summed E-state index contributed by atoms with van der Waals surface area (Å²) in [5.41, 5.74) is 0.195. The highest BCUT2D eigenvalue weighted by Gasteiger charge is 2.36. The molecule has 2 fully saturated rings. The predicted molar refractivity (Wildman–Crippen MR) is 75.5 cm³/mol. The summed E-state index contributed by atoms with van der Waals surface area (Å²) in [5.74, 6) is -0.437. The highest BCUT2D eigenvalue weighted by atomic mass is 19.1. The van der Waals surface area contributed by atoms with Crippen molar-refractivity contribution < 1.29 is 18.7 Å². The maximum atomic E-state index is 13.6. The molecule has 0 aromatic heterocycles. The van der Waals surface area contributed by atoms with Gasteiger partial charge in [0.1, 0.15) is 5.82 Å². The van der Waals surface area contributed by atoms with Gasteiger partial charge in [-0.3, -0.25) is 0 Å². The van der Waals surface area contributed by atoms with Crippen LogP contribution < -0.4 is 5.32 Å². The van der Waals surface area contributed by atoms with Crippen LogP contribution in [-0.2, 0) is 9.47 Å². The second-order valence-corrected chi connectivity index (χ2v) is 5.28. The zero-order chi connectivity index (χ0) is 14.7. The van der Waals surface area contributed by atoms with Crippen LogP contribution in [0, 0.1) is 5.82 Å². The van der Waals surface area contributed by atoms with E-state index in [1.807, 2.05) is 0 Å². The van der Waals surface area contributed by atoms with Gasteiger partial charge >= 0.3 is 6.03 Å². The van der Waals surface area contributed by atoms with Crippen LogP contribution in [0.3, 0.4) is 0 Å². The van der Waals surface area contributed by atoms with Gasteiger partial charge in [0.15, 0.2) is 6.29 Å². The quantitative estimate of drug-likeness (QED) is 0.912. The van der Waals surface area contributed by atoms with E-state index in [4.69, 9.17) is 9.47 Å². The van der Waals surface area contributed by atoms with Crippen molar-refractivity contribution in [2.24, 2.45) is 0 Å². The first-order valence-electron chi connectivity index (χ1n) is 7.31. The fraction of sp³-hybridized carbons (Fsp3) is 0.533. The number of halogens is 1. The smallest absolute Gasteiger partial charge is 0.322 e. The molecule has 2 heterocycles. The zero-order valence-electron chi connectivity index (χ0n) is 11.8. The van der Waals surface area contributed by atoms with E-state index in [-0.39, 0.29) is 24.1 Å². The van der Waals surface area contributed by atoms with Crippen LogP contribution in [0.4, 0.5) is 14.9 Å². The van der Waals surface area contributed by atoms with Crippen LogP contribution in [-0.4, -0.2) is 43.0 Å². The SMILES string of the molecule is O=C(Nc1ccccc1F)N1CCCC[C@@H]1C1OCCO1. The normalized spacial score (nSPS) is 23.3. The van der Waals surface area contributed by atoms with Crippen LogP contribution in [0.5, 0.6) is 0 Å². The van der Waals surface area contributed by atoms with Crippen molar-refractivity contribution in [2.45, 2.75) is 31.6 Å². The molecule has 3 rings (SSSR count). The molecule has 0 bridgehead atoms. The third kappa shape index (κ3) is 3.16. The van der Waals surface area contributed by atoms with E-state index in [1.54, 1.807) is 23.1 Å². The maximum absolute atomic E-state index is 13.6. The molecule has 2 aliphatic heterocycles. The van der Waals surface area contributed by atoms with Gasteiger partial charge in [-0.05, 0) is 31.4 Å². The molecule has 0 aliphatic carbocycles. The van der Waals surface area contributed by atoms with Crippen LogP contribution in [0.1, 0.15) is 19.3 Å². The van der Waals surface area contributed by atoms with Crippen LogP contribution >= 0.6 is 0 Å². The monoisotopic (exact) mass is 294 g/mol. The molecule has 1 aromatic carbocycles. The minimum Gasteiger partial charge on any atom is -0.348 e. The predicted octanol–water partition coefficient (Wildman–Crippen LogP) is 2.58. The standard InChI is InChI=1S/C15H19FN2O3/c16-11-5-1-2-6-12(11)17-15(19)18-8-4-3-7-13(18)14-20-9-10-21-14/h1-2,5-6,13-14H,3-4,7-10H2,(H,17,19)/t13-/m1/s1. The first-order chi connectivity index (χ1) is 10.3. The zero-order valence-corrected chi connectivity index (χ0v) is 11.8. The number of nitrogens with one attached hydrogen (secondary N) is 1. The fourth-order valence-corrected chi connectivity index (χ4v) is 2.84. The summed E-state index contributed by atoms with van der Waals surface area (Å²) in [6, 6.07) is 5.75. The molecule has 2 amide bonds. The summed E-state index contributed by atoms with van der Waals surface area (Å²) in [5, 5.41) is 2.63. The van der Waals surface area contributed by atoms with E-state index in [9.17, 15) is 9.18 Å². The highest BCUT2D eigenvalue weighted by molar-refractivity contribution is 5.89. The Morgan fingerprint density at radius 2 is 2.00 bits per heavy atom. The minimum absolute atomic E-state index is 0.104. The van der Waals surface area contributed by atoms with Gasteiger partial charge in [-0.2, -0.15) is 0 Å². The summed E-state index contributed by atoms with van der Waals surface area (Å²) >= 11 is 0. The number of hydrogen-bond acceptors (Lipinski definition) is 3. The van der Waals surface area contributed by atoms with Crippen molar-refractivity contribution in [3.05, 3.63) is 30.1 Å². The van der Waals surface area contributed by atoms with E-state index < -0.39 is 5.82 Å². The number of benzene rings is 1. The summed E-state index contributed by atoms with van der Waals surface area (Å²) in [6.07, 6.45) is 2.46. The summed E-state index contributed by atoms with van der Waals surface area (Å²) in [7, 11) is 0. The third-order valence-corrected chi connectivity index (χ3v) is 3.89. The van der Waals surface area contributed by atoms with Crippen molar-refractivity contribution in [1.82, 2.24) is 4.90 Å². The molecular weight excluding hydrogens is 275 g/mol. The van der Waals surface area contributed by atoms with Crippen molar-refractivity contribution in [3.63, 3.8) is 0 Å². The van der Waals surface area contributed by atoms with Gasteiger partial charge in [0, 0.05) is 6.54 Å². The average molecular weight is 294 g/mol. The van der Waals surface area contributed by atoms with Gasteiger partial charge in [0.25, 0.3) is 0 Å². The molecule has 5 nitrogen and oxygen atoms in total. The van der Waals surface area contributed by atoms with Crippen LogP contribution in [0.2, 0.25) is 0 Å². The number of likely N-dealkylation sites (tertiary alicyclic amines) is 1.